The van der Waals surface area contributed by atoms with Gasteiger partial charge in [0.2, 0.25) is 0 Å². The van der Waals surface area contributed by atoms with Crippen LogP contribution in [0.15, 0.2) is 30.6 Å². The molecule has 1 N–H and O–H groups in total. The van der Waals surface area contributed by atoms with Crippen molar-refractivity contribution in [3.63, 3.8) is 0 Å². The highest BCUT2D eigenvalue weighted by molar-refractivity contribution is 6.30. The molecule has 1 aromatic carbocycles. The molecule has 1 fully saturated rings. The molecule has 0 aliphatic heterocycles. The molecule has 0 saturated heterocycles. The molecule has 3 rings (SSSR count). The van der Waals surface area contributed by atoms with Crippen molar-refractivity contribution in [1.82, 2.24) is 9.55 Å². The lowest BCUT2D eigenvalue weighted by molar-refractivity contribution is 0.163. The fourth-order valence-electron chi connectivity index (χ4n) is 3.17. The van der Waals surface area contributed by atoms with Crippen LogP contribution in [0.2, 0.25) is 5.02 Å². The zero-order valence-corrected chi connectivity index (χ0v) is 12.4. The minimum absolute atomic E-state index is 0.214. The van der Waals surface area contributed by atoms with Gasteiger partial charge in [0.05, 0.1) is 5.56 Å². The van der Waals surface area contributed by atoms with Crippen LogP contribution >= 0.6 is 11.6 Å². The third-order valence-corrected chi connectivity index (χ3v) is 4.48. The van der Waals surface area contributed by atoms with Crippen LogP contribution < -0.4 is 0 Å². The van der Waals surface area contributed by atoms with Gasteiger partial charge in [0.15, 0.2) is 0 Å². The van der Waals surface area contributed by atoms with Crippen LogP contribution in [-0.4, -0.2) is 21.3 Å². The maximum Gasteiger partial charge on any atom is 0.143 e. The highest BCUT2D eigenvalue weighted by Gasteiger charge is 2.25. The van der Waals surface area contributed by atoms with Gasteiger partial charge in [-0.2, -0.15) is 0 Å². The highest BCUT2D eigenvalue weighted by Crippen LogP contribution is 2.35. The third kappa shape index (κ3) is 2.97. The zero-order valence-electron chi connectivity index (χ0n) is 11.7. The summed E-state index contributed by atoms with van der Waals surface area (Å²) in [6, 6.07) is 4.78. The van der Waals surface area contributed by atoms with E-state index in [-0.39, 0.29) is 18.5 Å². The minimum atomic E-state index is -0.318. The molecule has 21 heavy (non-hydrogen) atoms. The van der Waals surface area contributed by atoms with Gasteiger partial charge in [0, 0.05) is 30.1 Å². The first-order valence-corrected chi connectivity index (χ1v) is 7.66. The van der Waals surface area contributed by atoms with Gasteiger partial charge in [-0.1, -0.05) is 18.0 Å². The average Bonchev–Trinajstić information content (AvgIpc) is 2.99. The van der Waals surface area contributed by atoms with E-state index in [2.05, 4.69) is 4.98 Å². The van der Waals surface area contributed by atoms with E-state index in [9.17, 15) is 9.50 Å². The molecular formula is C16H18ClFN2O. The fourth-order valence-corrected chi connectivity index (χ4v) is 3.34. The number of halogens is 2. The summed E-state index contributed by atoms with van der Waals surface area (Å²) in [6.45, 7) is 0.214. The van der Waals surface area contributed by atoms with Gasteiger partial charge < -0.3 is 9.67 Å². The summed E-state index contributed by atoms with van der Waals surface area (Å²) in [7, 11) is 0. The van der Waals surface area contributed by atoms with Gasteiger partial charge in [0.1, 0.15) is 11.6 Å². The van der Waals surface area contributed by atoms with E-state index in [1.165, 1.54) is 12.1 Å². The molecule has 0 unspecified atom stereocenters. The van der Waals surface area contributed by atoms with E-state index in [0.717, 1.165) is 25.7 Å². The Morgan fingerprint density at radius 1 is 1.38 bits per heavy atom. The number of hydrogen-bond donors (Lipinski definition) is 1. The molecule has 1 aromatic heterocycles. The lowest BCUT2D eigenvalue weighted by Crippen LogP contribution is -2.21. The number of benzene rings is 1. The summed E-state index contributed by atoms with van der Waals surface area (Å²) >= 11 is 5.98. The Morgan fingerprint density at radius 2 is 2.24 bits per heavy atom. The van der Waals surface area contributed by atoms with Gasteiger partial charge in [-0.3, -0.25) is 0 Å². The summed E-state index contributed by atoms with van der Waals surface area (Å²) in [5, 5.41) is 9.87. The molecule has 0 bridgehead atoms. The smallest absolute Gasteiger partial charge is 0.143 e. The zero-order chi connectivity index (χ0) is 14.8. The number of nitrogens with zero attached hydrogens (tertiary/aromatic N) is 2. The van der Waals surface area contributed by atoms with E-state index in [1.54, 1.807) is 12.3 Å². The molecule has 5 heteroatoms. The van der Waals surface area contributed by atoms with Crippen molar-refractivity contribution in [1.29, 1.82) is 0 Å². The molecule has 2 aromatic rings. The maximum atomic E-state index is 14.1. The van der Waals surface area contributed by atoms with Crippen LogP contribution in [0.25, 0.3) is 11.4 Å². The van der Waals surface area contributed by atoms with Crippen molar-refractivity contribution < 1.29 is 9.50 Å². The second kappa shape index (κ2) is 6.16. The Balaban J connectivity index is 1.95. The van der Waals surface area contributed by atoms with E-state index >= 15 is 0 Å². The standard InChI is InChI=1S/C16H18ClFN2O/c17-12-4-5-15(18)14(9-12)16-19-6-7-20(16)13-3-1-2-11(8-13)10-21/h4-7,9,11,13,21H,1-3,8,10H2/t11-,13-/m1/s1. The summed E-state index contributed by atoms with van der Waals surface area (Å²) in [6.07, 6.45) is 7.65. The number of aliphatic hydroxyl groups is 1. The average molecular weight is 309 g/mol. The number of aromatic nitrogens is 2. The van der Waals surface area contributed by atoms with E-state index < -0.39 is 0 Å². The van der Waals surface area contributed by atoms with Crippen molar-refractivity contribution in [2.45, 2.75) is 31.7 Å². The molecule has 1 heterocycles. The Labute approximate surface area is 128 Å². The van der Waals surface area contributed by atoms with Gasteiger partial charge in [-0.25, -0.2) is 9.37 Å². The Hall–Kier alpha value is -1.39. The second-order valence-corrected chi connectivity index (χ2v) is 6.09. The first-order valence-electron chi connectivity index (χ1n) is 7.28. The number of imidazole rings is 1. The van der Waals surface area contributed by atoms with Crippen molar-refractivity contribution in [2.24, 2.45) is 5.92 Å². The second-order valence-electron chi connectivity index (χ2n) is 5.65. The molecule has 0 spiro atoms. The van der Waals surface area contributed by atoms with E-state index in [4.69, 9.17) is 11.6 Å². The van der Waals surface area contributed by atoms with Crippen molar-refractivity contribution >= 4 is 11.6 Å². The normalized spacial score (nSPS) is 22.4. The number of aliphatic hydroxyl groups excluding tert-OH is 1. The fraction of sp³-hybridized carbons (Fsp3) is 0.438. The van der Waals surface area contributed by atoms with Crippen LogP contribution in [0.3, 0.4) is 0 Å². The van der Waals surface area contributed by atoms with Crippen LogP contribution in [-0.2, 0) is 0 Å². The highest BCUT2D eigenvalue weighted by atomic mass is 35.5. The van der Waals surface area contributed by atoms with Crippen molar-refractivity contribution in [3.8, 4) is 11.4 Å². The van der Waals surface area contributed by atoms with Gasteiger partial charge in [-0.15, -0.1) is 0 Å². The lowest BCUT2D eigenvalue weighted by Gasteiger charge is -2.30. The SMILES string of the molecule is OC[C@@H]1CCC[C@@H](n2ccnc2-c2cc(Cl)ccc2F)C1. The molecule has 0 radical (unpaired) electrons. The van der Waals surface area contributed by atoms with E-state index in [0.29, 0.717) is 22.3 Å². The monoisotopic (exact) mass is 308 g/mol. The molecule has 112 valence electrons. The predicted octanol–water partition coefficient (Wildman–Crippen LogP) is 4.07. The first kappa shape index (κ1) is 14.5. The maximum absolute atomic E-state index is 14.1. The summed E-state index contributed by atoms with van der Waals surface area (Å²) in [5.41, 5.74) is 0.429. The van der Waals surface area contributed by atoms with Gasteiger partial charge in [0.25, 0.3) is 0 Å². The van der Waals surface area contributed by atoms with Crippen LogP contribution in [0.4, 0.5) is 4.39 Å². The Morgan fingerprint density at radius 3 is 3.05 bits per heavy atom. The number of hydrogen-bond acceptors (Lipinski definition) is 2. The number of rotatable bonds is 3. The minimum Gasteiger partial charge on any atom is -0.396 e. The summed E-state index contributed by atoms with van der Waals surface area (Å²) in [4.78, 5) is 4.32. The predicted molar refractivity (Wildman–Crippen MR) is 80.7 cm³/mol. The summed E-state index contributed by atoms with van der Waals surface area (Å²) < 4.78 is 16.1. The molecule has 2 atom stereocenters. The quantitative estimate of drug-likeness (QED) is 0.928. The first-order chi connectivity index (χ1) is 10.2. The Kier molecular flexibility index (Phi) is 4.27. The molecule has 1 saturated carbocycles. The molecule has 1 aliphatic rings. The summed E-state index contributed by atoms with van der Waals surface area (Å²) in [5.74, 6) is 0.614. The van der Waals surface area contributed by atoms with Crippen molar-refractivity contribution in [2.75, 3.05) is 6.61 Å². The topological polar surface area (TPSA) is 38.0 Å². The van der Waals surface area contributed by atoms with Crippen LogP contribution in [0.5, 0.6) is 0 Å². The largest absolute Gasteiger partial charge is 0.396 e. The lowest BCUT2D eigenvalue weighted by atomic mass is 9.86. The molecule has 0 amide bonds. The molecule has 3 nitrogen and oxygen atoms in total. The van der Waals surface area contributed by atoms with E-state index in [1.807, 2.05) is 10.8 Å². The Bertz CT molecular complexity index is 628. The third-order valence-electron chi connectivity index (χ3n) is 4.24. The van der Waals surface area contributed by atoms with Gasteiger partial charge >= 0.3 is 0 Å². The van der Waals surface area contributed by atoms with Crippen LogP contribution in [0, 0.1) is 11.7 Å². The molecular weight excluding hydrogens is 291 g/mol. The molecule has 1 aliphatic carbocycles. The van der Waals surface area contributed by atoms with Gasteiger partial charge in [-0.05, 0) is 43.4 Å². The van der Waals surface area contributed by atoms with Crippen molar-refractivity contribution in [3.05, 3.63) is 41.4 Å². The van der Waals surface area contributed by atoms with Crippen LogP contribution in [0.1, 0.15) is 31.7 Å².